The molecule has 0 saturated carbocycles. The fraction of sp³-hybridized carbons (Fsp3) is 0.513. The van der Waals surface area contributed by atoms with Gasteiger partial charge in [-0.25, -0.2) is 4.98 Å². The summed E-state index contributed by atoms with van der Waals surface area (Å²) < 4.78 is 0. The largest absolute Gasteiger partial charge is 3.00 e. The summed E-state index contributed by atoms with van der Waals surface area (Å²) in [4.78, 5) is 15.6. The van der Waals surface area contributed by atoms with E-state index in [0.717, 1.165) is 34.2 Å². The predicted octanol–water partition coefficient (Wildman–Crippen LogP) is 3.77. The molecule has 0 aliphatic heterocycles. The van der Waals surface area contributed by atoms with Gasteiger partial charge in [0.1, 0.15) is 0 Å². The number of aromatic nitrogens is 1. The third-order valence-electron chi connectivity index (χ3n) is 8.29. The molecular weight excluding hydrogens is 711 g/mol. The predicted molar refractivity (Wildman–Crippen MR) is 190 cm³/mol. The molecule has 262 valence electrons. The second-order valence-electron chi connectivity index (χ2n) is 14.0. The number of aliphatic imine (C=N–C) groups is 2. The Morgan fingerprint density at radius 3 is 0.957 bits per heavy atom. The molecule has 0 aliphatic rings. The molecule has 1 heterocycles. The van der Waals surface area contributed by atoms with Gasteiger partial charge < -0.3 is 37.2 Å². The van der Waals surface area contributed by atoms with Crippen molar-refractivity contribution in [3.05, 3.63) is 86.2 Å². The molecule has 0 unspecified atom stereocenters. The molecule has 2 aromatic carbocycles. The molecule has 47 heavy (non-hydrogen) atoms. The first-order chi connectivity index (χ1) is 20.0. The molecular formula is C39H54Cl4CoN3. The van der Waals surface area contributed by atoms with E-state index in [-0.39, 0.29) is 54.0 Å². The van der Waals surface area contributed by atoms with Gasteiger partial charge in [0.25, 0.3) is 0 Å². The molecule has 0 fully saturated rings. The molecule has 3 aromatic rings. The minimum atomic E-state index is 0. The van der Waals surface area contributed by atoms with E-state index in [0.29, 0.717) is 40.5 Å². The van der Waals surface area contributed by atoms with Crippen molar-refractivity contribution < 1.29 is 54.0 Å². The van der Waals surface area contributed by atoms with Crippen LogP contribution >= 0.6 is 11.6 Å². The van der Waals surface area contributed by atoms with Gasteiger partial charge in [0.2, 0.25) is 0 Å². The minimum absolute atomic E-state index is 0. The van der Waals surface area contributed by atoms with Crippen molar-refractivity contribution in [1.29, 1.82) is 0 Å². The van der Waals surface area contributed by atoms with Crippen LogP contribution in [-0.2, 0) is 16.8 Å². The van der Waals surface area contributed by atoms with E-state index >= 15 is 0 Å². The van der Waals surface area contributed by atoms with Gasteiger partial charge in [0, 0.05) is 5.02 Å². The number of hydrogen-bond donors (Lipinski definition) is 0. The average Bonchev–Trinajstić information content (AvgIpc) is 2.91. The van der Waals surface area contributed by atoms with Crippen LogP contribution in [0.4, 0.5) is 11.4 Å². The molecule has 0 radical (unpaired) electrons. The normalized spacial score (nSPS) is 12.0. The molecule has 0 aliphatic carbocycles. The summed E-state index contributed by atoms with van der Waals surface area (Å²) in [6, 6.07) is 13.2. The smallest absolute Gasteiger partial charge is 1.00 e. The van der Waals surface area contributed by atoms with Crippen molar-refractivity contribution in [3.8, 4) is 0 Å². The van der Waals surface area contributed by atoms with Gasteiger partial charge in [-0.3, -0.25) is 9.98 Å². The standard InChI is InChI=1S/C39H54ClN3.3ClH.Co/c1-21(2)29-15-32(23(5)6)38(33(16-29)24(7)8)41-27(13)36-19-31(40)20-37(43-36)28(14)42-39-34(25(9)10)17-30(22(3)4)18-35(39)26(11)12;;;;/h15-26H,1-14H3;3*1H;/q;;;;+3/p-3. The molecule has 1 aromatic heterocycles. The number of benzene rings is 2. The van der Waals surface area contributed by atoms with E-state index in [1.54, 1.807) is 0 Å². The Balaban J connectivity index is 0. The maximum Gasteiger partial charge on any atom is 3.00 e. The molecule has 3 nitrogen and oxygen atoms in total. The third kappa shape index (κ3) is 11.9. The molecule has 8 heteroatoms. The zero-order chi connectivity index (χ0) is 32.3. The van der Waals surface area contributed by atoms with Crippen LogP contribution < -0.4 is 37.2 Å². The Morgan fingerprint density at radius 2 is 0.745 bits per heavy atom. The van der Waals surface area contributed by atoms with E-state index in [1.165, 1.54) is 33.4 Å². The van der Waals surface area contributed by atoms with E-state index in [1.807, 2.05) is 26.0 Å². The number of nitrogens with zero attached hydrogens (tertiary/aromatic N) is 3. The summed E-state index contributed by atoms with van der Waals surface area (Å²) in [5.74, 6) is 2.34. The van der Waals surface area contributed by atoms with Gasteiger partial charge in [-0.2, -0.15) is 0 Å². The first-order valence-electron chi connectivity index (χ1n) is 16.2. The van der Waals surface area contributed by atoms with E-state index in [2.05, 4.69) is 107 Å². The van der Waals surface area contributed by atoms with Crippen LogP contribution in [0.3, 0.4) is 0 Å². The van der Waals surface area contributed by atoms with E-state index in [9.17, 15) is 0 Å². The zero-order valence-corrected chi connectivity index (χ0v) is 34.7. The maximum absolute atomic E-state index is 6.73. The summed E-state index contributed by atoms with van der Waals surface area (Å²) >= 11 is 6.73. The number of pyridine rings is 1. The van der Waals surface area contributed by atoms with Crippen LogP contribution in [0.2, 0.25) is 5.02 Å². The quantitative estimate of drug-likeness (QED) is 0.290. The first-order valence-corrected chi connectivity index (χ1v) is 16.5. The van der Waals surface area contributed by atoms with Gasteiger partial charge in [-0.05, 0) is 94.9 Å². The molecule has 0 saturated heterocycles. The first kappa shape index (κ1) is 47.7. The summed E-state index contributed by atoms with van der Waals surface area (Å²) in [5, 5.41) is 0.635. The Hall–Kier alpha value is -1.40. The Labute approximate surface area is 320 Å². The number of halogens is 4. The molecule has 0 spiro atoms. The topological polar surface area (TPSA) is 37.6 Å². The summed E-state index contributed by atoms with van der Waals surface area (Å²) in [5.41, 5.74) is 13.2. The maximum atomic E-state index is 6.73. The van der Waals surface area contributed by atoms with Crippen molar-refractivity contribution in [2.75, 3.05) is 0 Å². The van der Waals surface area contributed by atoms with E-state index in [4.69, 9.17) is 26.6 Å². The van der Waals surface area contributed by atoms with Gasteiger partial charge >= 0.3 is 16.8 Å². The third-order valence-corrected chi connectivity index (χ3v) is 8.51. The average molecular weight is 766 g/mol. The zero-order valence-electron chi connectivity index (χ0n) is 30.6. The Kier molecular flexibility index (Phi) is 20.6. The van der Waals surface area contributed by atoms with Crippen LogP contribution in [0.5, 0.6) is 0 Å². The summed E-state index contributed by atoms with van der Waals surface area (Å²) in [7, 11) is 0. The fourth-order valence-corrected chi connectivity index (χ4v) is 5.62. The second-order valence-corrected chi connectivity index (χ2v) is 14.4. The number of rotatable bonds is 10. The number of hydrogen-bond acceptors (Lipinski definition) is 3. The molecule has 0 amide bonds. The SMILES string of the molecule is CC(=Nc1c(C(C)C)cc(C(C)C)cc1C(C)C)c1cc(Cl)cc(C(C)=Nc2c(C(C)C)cc(C(C)C)cc2C(C)C)n1.[Cl-].[Cl-].[Cl-].[Co+3]. The van der Waals surface area contributed by atoms with Crippen molar-refractivity contribution in [3.63, 3.8) is 0 Å². The Morgan fingerprint density at radius 1 is 0.489 bits per heavy atom. The summed E-state index contributed by atoms with van der Waals surface area (Å²) in [6.45, 7) is 31.1. The van der Waals surface area contributed by atoms with Gasteiger partial charge in [-0.15, -0.1) is 0 Å². The van der Waals surface area contributed by atoms with Crippen LogP contribution in [0, 0.1) is 0 Å². The second kappa shape index (κ2) is 20.3. The molecule has 3 rings (SSSR count). The van der Waals surface area contributed by atoms with Gasteiger partial charge in [0.15, 0.2) is 0 Å². The van der Waals surface area contributed by atoms with Crippen molar-refractivity contribution >= 4 is 34.4 Å². The van der Waals surface area contributed by atoms with Crippen LogP contribution in [-0.4, -0.2) is 16.4 Å². The minimum Gasteiger partial charge on any atom is -1.00 e. The van der Waals surface area contributed by atoms with Crippen molar-refractivity contribution in [2.45, 2.75) is 132 Å². The van der Waals surface area contributed by atoms with Crippen molar-refractivity contribution in [1.82, 2.24) is 4.98 Å². The Bertz CT molecular complexity index is 1350. The summed E-state index contributed by atoms with van der Waals surface area (Å²) in [6.07, 6.45) is 0. The van der Waals surface area contributed by atoms with Crippen LogP contribution in [0.15, 0.2) is 46.4 Å². The van der Waals surface area contributed by atoms with Crippen LogP contribution in [0.25, 0.3) is 0 Å². The van der Waals surface area contributed by atoms with Crippen LogP contribution in [0.1, 0.15) is 177 Å². The van der Waals surface area contributed by atoms with Gasteiger partial charge in [0.05, 0.1) is 34.2 Å². The van der Waals surface area contributed by atoms with E-state index < -0.39 is 0 Å². The monoisotopic (exact) mass is 763 g/mol. The van der Waals surface area contributed by atoms with Crippen molar-refractivity contribution in [2.24, 2.45) is 9.98 Å². The fourth-order valence-electron chi connectivity index (χ4n) is 5.41. The molecule has 0 N–H and O–H groups in total. The van der Waals surface area contributed by atoms with Gasteiger partial charge in [-0.1, -0.05) is 119 Å². The molecule has 0 atom stereocenters. The molecule has 0 bridgehead atoms.